The first-order valence-electron chi connectivity index (χ1n) is 5.68. The molecule has 0 amide bonds. The fourth-order valence-electron chi connectivity index (χ4n) is 1.88. The standard InChI is InChI=1S/C13H13ClN2O/c1-7-12(16-13(17-7)8-2-3-8)9-4-5-10(14)11(15)6-9/h4-6,8H,2-3,15H2,1H3. The molecule has 1 aromatic heterocycles. The second-order valence-electron chi connectivity index (χ2n) is 4.47. The average Bonchev–Trinajstić information content (AvgIpc) is 3.07. The number of hydrogen-bond donors (Lipinski definition) is 1. The highest BCUT2D eigenvalue weighted by Crippen LogP contribution is 2.41. The van der Waals surface area contributed by atoms with Crippen LogP contribution in [0.3, 0.4) is 0 Å². The maximum atomic E-state index is 5.90. The number of aryl methyl sites for hydroxylation is 1. The van der Waals surface area contributed by atoms with E-state index in [0.29, 0.717) is 16.6 Å². The van der Waals surface area contributed by atoms with Crippen LogP contribution < -0.4 is 5.73 Å². The Kier molecular flexibility index (Phi) is 2.37. The van der Waals surface area contributed by atoms with Gasteiger partial charge in [-0.1, -0.05) is 17.7 Å². The third-order valence-electron chi connectivity index (χ3n) is 3.01. The minimum absolute atomic E-state index is 0.520. The summed E-state index contributed by atoms with van der Waals surface area (Å²) in [7, 11) is 0. The van der Waals surface area contributed by atoms with Gasteiger partial charge in [0.15, 0.2) is 5.89 Å². The molecule has 3 rings (SSSR count). The maximum absolute atomic E-state index is 5.90. The molecular weight excluding hydrogens is 236 g/mol. The first-order chi connectivity index (χ1) is 8.15. The molecule has 1 aliphatic carbocycles. The molecule has 0 unspecified atom stereocenters. The fourth-order valence-corrected chi connectivity index (χ4v) is 2.00. The zero-order valence-electron chi connectivity index (χ0n) is 9.53. The van der Waals surface area contributed by atoms with Crippen molar-refractivity contribution in [1.29, 1.82) is 0 Å². The molecule has 0 atom stereocenters. The van der Waals surface area contributed by atoms with E-state index in [1.54, 1.807) is 6.07 Å². The van der Waals surface area contributed by atoms with E-state index in [1.165, 1.54) is 12.8 Å². The molecule has 1 aliphatic rings. The molecule has 1 heterocycles. The molecule has 0 spiro atoms. The molecule has 0 bridgehead atoms. The lowest BCUT2D eigenvalue weighted by Crippen LogP contribution is -1.88. The maximum Gasteiger partial charge on any atom is 0.198 e. The number of oxazole rings is 1. The Hall–Kier alpha value is -1.48. The van der Waals surface area contributed by atoms with Crippen LogP contribution in [0.5, 0.6) is 0 Å². The van der Waals surface area contributed by atoms with E-state index >= 15 is 0 Å². The molecule has 1 saturated carbocycles. The van der Waals surface area contributed by atoms with Crippen LogP contribution in [-0.2, 0) is 0 Å². The first-order valence-corrected chi connectivity index (χ1v) is 6.05. The molecule has 17 heavy (non-hydrogen) atoms. The summed E-state index contributed by atoms with van der Waals surface area (Å²) in [5.74, 6) is 2.21. The Bertz CT molecular complexity index is 573. The van der Waals surface area contributed by atoms with Crippen LogP contribution in [0.2, 0.25) is 5.02 Å². The van der Waals surface area contributed by atoms with Gasteiger partial charge in [0.2, 0.25) is 0 Å². The summed E-state index contributed by atoms with van der Waals surface area (Å²) in [5.41, 5.74) is 8.19. The molecule has 0 radical (unpaired) electrons. The number of aromatic nitrogens is 1. The van der Waals surface area contributed by atoms with Crippen molar-refractivity contribution in [2.45, 2.75) is 25.7 Å². The van der Waals surface area contributed by atoms with Gasteiger partial charge in [0.05, 0.1) is 10.7 Å². The smallest absolute Gasteiger partial charge is 0.198 e. The number of benzene rings is 1. The minimum Gasteiger partial charge on any atom is -0.445 e. The van der Waals surface area contributed by atoms with Crippen molar-refractivity contribution < 1.29 is 4.42 Å². The highest BCUT2D eigenvalue weighted by Gasteiger charge is 2.29. The van der Waals surface area contributed by atoms with E-state index in [-0.39, 0.29) is 0 Å². The van der Waals surface area contributed by atoms with Gasteiger partial charge in [0, 0.05) is 11.5 Å². The molecule has 2 aromatic rings. The molecule has 0 saturated heterocycles. The largest absolute Gasteiger partial charge is 0.445 e. The topological polar surface area (TPSA) is 52.0 Å². The van der Waals surface area contributed by atoms with E-state index in [0.717, 1.165) is 22.9 Å². The Morgan fingerprint density at radius 2 is 2.18 bits per heavy atom. The minimum atomic E-state index is 0.520. The highest BCUT2D eigenvalue weighted by molar-refractivity contribution is 6.33. The molecular formula is C13H13ClN2O. The van der Waals surface area contributed by atoms with Crippen molar-refractivity contribution >= 4 is 17.3 Å². The summed E-state index contributed by atoms with van der Waals surface area (Å²) >= 11 is 5.90. The van der Waals surface area contributed by atoms with Crippen molar-refractivity contribution in [3.63, 3.8) is 0 Å². The first kappa shape index (κ1) is 10.7. The van der Waals surface area contributed by atoms with Gasteiger partial charge in [-0.2, -0.15) is 0 Å². The van der Waals surface area contributed by atoms with Gasteiger partial charge in [0.25, 0.3) is 0 Å². The number of nitrogens with zero attached hydrogens (tertiary/aromatic N) is 1. The predicted octanol–water partition coefficient (Wildman–Crippen LogP) is 3.76. The molecule has 3 nitrogen and oxygen atoms in total. The molecule has 1 fully saturated rings. The normalized spacial score (nSPS) is 15.2. The average molecular weight is 249 g/mol. The van der Waals surface area contributed by atoms with Gasteiger partial charge in [-0.05, 0) is 31.9 Å². The number of anilines is 1. The van der Waals surface area contributed by atoms with Crippen LogP contribution in [0.25, 0.3) is 11.3 Å². The van der Waals surface area contributed by atoms with Crippen molar-refractivity contribution in [3.05, 3.63) is 34.9 Å². The van der Waals surface area contributed by atoms with Gasteiger partial charge >= 0.3 is 0 Å². The molecule has 0 aliphatic heterocycles. The Morgan fingerprint density at radius 1 is 1.41 bits per heavy atom. The van der Waals surface area contributed by atoms with Gasteiger partial charge in [0.1, 0.15) is 11.5 Å². The summed E-state index contributed by atoms with van der Waals surface area (Å²) in [6.45, 7) is 1.93. The van der Waals surface area contributed by atoms with Crippen molar-refractivity contribution in [3.8, 4) is 11.3 Å². The highest BCUT2D eigenvalue weighted by atomic mass is 35.5. The molecule has 2 N–H and O–H groups in total. The fraction of sp³-hybridized carbons (Fsp3) is 0.308. The van der Waals surface area contributed by atoms with E-state index in [4.69, 9.17) is 21.8 Å². The van der Waals surface area contributed by atoms with Crippen molar-refractivity contribution in [2.24, 2.45) is 0 Å². The number of nitrogens with two attached hydrogens (primary N) is 1. The SMILES string of the molecule is Cc1oc(C2CC2)nc1-c1ccc(Cl)c(N)c1. The number of nitrogen functional groups attached to an aromatic ring is 1. The van der Waals surface area contributed by atoms with Crippen LogP contribution in [0.1, 0.15) is 30.4 Å². The Morgan fingerprint density at radius 3 is 2.82 bits per heavy atom. The lowest BCUT2D eigenvalue weighted by atomic mass is 10.1. The van der Waals surface area contributed by atoms with Crippen molar-refractivity contribution in [2.75, 3.05) is 5.73 Å². The van der Waals surface area contributed by atoms with Gasteiger partial charge in [-0.15, -0.1) is 0 Å². The van der Waals surface area contributed by atoms with Crippen LogP contribution in [0.4, 0.5) is 5.69 Å². The summed E-state index contributed by atoms with van der Waals surface area (Å²) in [5, 5.41) is 0.567. The number of rotatable bonds is 2. The van der Waals surface area contributed by atoms with E-state index in [9.17, 15) is 0 Å². The van der Waals surface area contributed by atoms with Crippen LogP contribution >= 0.6 is 11.6 Å². The monoisotopic (exact) mass is 248 g/mol. The van der Waals surface area contributed by atoms with E-state index in [2.05, 4.69) is 4.98 Å². The third-order valence-corrected chi connectivity index (χ3v) is 3.35. The Balaban J connectivity index is 2.04. The lowest BCUT2D eigenvalue weighted by Gasteiger charge is -2.01. The summed E-state index contributed by atoms with van der Waals surface area (Å²) in [4.78, 5) is 4.55. The van der Waals surface area contributed by atoms with E-state index in [1.807, 2.05) is 19.1 Å². The van der Waals surface area contributed by atoms with Gasteiger partial charge in [-0.3, -0.25) is 0 Å². The number of halogens is 1. The second-order valence-corrected chi connectivity index (χ2v) is 4.87. The van der Waals surface area contributed by atoms with E-state index < -0.39 is 0 Å². The van der Waals surface area contributed by atoms with Gasteiger partial charge in [-0.25, -0.2) is 4.98 Å². The lowest BCUT2D eigenvalue weighted by molar-refractivity contribution is 0.473. The van der Waals surface area contributed by atoms with Gasteiger partial charge < -0.3 is 10.2 Å². The van der Waals surface area contributed by atoms with Crippen LogP contribution in [0.15, 0.2) is 22.6 Å². The predicted molar refractivity (Wildman–Crippen MR) is 68.1 cm³/mol. The quantitative estimate of drug-likeness (QED) is 0.824. The zero-order chi connectivity index (χ0) is 12.0. The summed E-state index contributed by atoms with van der Waals surface area (Å²) in [6, 6.07) is 5.54. The third kappa shape index (κ3) is 1.91. The Labute approximate surface area is 105 Å². The summed E-state index contributed by atoms with van der Waals surface area (Å²) in [6.07, 6.45) is 2.37. The van der Waals surface area contributed by atoms with Crippen LogP contribution in [-0.4, -0.2) is 4.98 Å². The zero-order valence-corrected chi connectivity index (χ0v) is 10.3. The van der Waals surface area contributed by atoms with Crippen LogP contribution in [0, 0.1) is 6.92 Å². The summed E-state index contributed by atoms with van der Waals surface area (Å²) < 4.78 is 5.68. The molecule has 4 heteroatoms. The second kappa shape index (κ2) is 3.77. The number of hydrogen-bond acceptors (Lipinski definition) is 3. The molecule has 88 valence electrons. The molecule has 1 aromatic carbocycles. The van der Waals surface area contributed by atoms with Crippen molar-refractivity contribution in [1.82, 2.24) is 4.98 Å².